The van der Waals surface area contributed by atoms with Crippen LogP contribution in [0.1, 0.15) is 12.0 Å². The van der Waals surface area contributed by atoms with Crippen molar-refractivity contribution >= 4 is 10.4 Å². The Morgan fingerprint density at radius 2 is 2.29 bits per heavy atom. The van der Waals surface area contributed by atoms with Crippen LogP contribution in [0, 0.1) is 0 Å². The second-order valence-electron chi connectivity index (χ2n) is 2.71. The molecule has 0 bridgehead atoms. The molecule has 1 heterocycles. The smallest absolute Gasteiger partial charge is 0.264 e. The summed E-state index contributed by atoms with van der Waals surface area (Å²) in [6.07, 6.45) is 4.56. The summed E-state index contributed by atoms with van der Waals surface area (Å²) in [4.78, 5) is 3.90. The third kappa shape index (κ3) is 4.90. The Balaban J connectivity index is 2.23. The molecule has 0 aliphatic carbocycles. The third-order valence-electron chi connectivity index (χ3n) is 1.56. The van der Waals surface area contributed by atoms with E-state index < -0.39 is 10.4 Å². The molecule has 6 heteroatoms. The van der Waals surface area contributed by atoms with Crippen molar-refractivity contribution in [3.05, 3.63) is 30.1 Å². The van der Waals surface area contributed by atoms with Crippen LogP contribution in [-0.2, 0) is 21.0 Å². The van der Waals surface area contributed by atoms with E-state index in [9.17, 15) is 8.42 Å². The lowest BCUT2D eigenvalue weighted by atomic mass is 10.2. The van der Waals surface area contributed by atoms with Gasteiger partial charge in [-0.15, -0.1) is 0 Å². The van der Waals surface area contributed by atoms with Gasteiger partial charge in [-0.2, -0.15) is 8.42 Å². The molecule has 0 radical (unpaired) electrons. The van der Waals surface area contributed by atoms with Gasteiger partial charge in [-0.3, -0.25) is 9.54 Å². The summed E-state index contributed by atoms with van der Waals surface area (Å²) in [6.45, 7) is -0.0201. The van der Waals surface area contributed by atoms with Crippen LogP contribution in [0.25, 0.3) is 0 Å². The Morgan fingerprint density at radius 3 is 2.86 bits per heavy atom. The Labute approximate surface area is 82.7 Å². The van der Waals surface area contributed by atoms with Crippen molar-refractivity contribution in [3.63, 3.8) is 0 Å². The molecule has 5 nitrogen and oxygen atoms in total. The molecule has 0 saturated heterocycles. The number of hydrogen-bond donors (Lipinski definition) is 1. The van der Waals surface area contributed by atoms with Crippen molar-refractivity contribution in [3.8, 4) is 0 Å². The van der Waals surface area contributed by atoms with Gasteiger partial charge in [-0.05, 0) is 24.5 Å². The number of aromatic nitrogens is 1. The fourth-order valence-electron chi connectivity index (χ4n) is 0.987. The van der Waals surface area contributed by atoms with Crippen molar-refractivity contribution < 1.29 is 17.2 Å². The second kappa shape index (κ2) is 5.04. The average molecular weight is 217 g/mol. The van der Waals surface area contributed by atoms with Gasteiger partial charge in [0.1, 0.15) is 0 Å². The molecule has 0 amide bonds. The molecule has 1 aromatic rings. The lowest BCUT2D eigenvalue weighted by Crippen LogP contribution is -2.05. The molecule has 1 rings (SSSR count). The number of aryl methyl sites for hydroxylation is 1. The lowest BCUT2D eigenvalue weighted by molar-refractivity contribution is 0.265. The minimum atomic E-state index is -4.29. The molecule has 14 heavy (non-hydrogen) atoms. The van der Waals surface area contributed by atoms with E-state index in [1.165, 1.54) is 0 Å². The fourth-order valence-corrected chi connectivity index (χ4v) is 1.32. The highest BCUT2D eigenvalue weighted by molar-refractivity contribution is 7.80. The first-order valence-corrected chi connectivity index (χ1v) is 5.45. The van der Waals surface area contributed by atoms with Gasteiger partial charge < -0.3 is 0 Å². The molecule has 0 spiro atoms. The summed E-state index contributed by atoms with van der Waals surface area (Å²) in [7, 11) is -4.29. The fraction of sp³-hybridized carbons (Fsp3) is 0.375. The molecular formula is C8H11NO4S. The summed E-state index contributed by atoms with van der Waals surface area (Å²) in [6, 6.07) is 3.69. The normalized spacial score (nSPS) is 11.5. The van der Waals surface area contributed by atoms with Gasteiger partial charge in [0, 0.05) is 12.4 Å². The highest BCUT2D eigenvalue weighted by Crippen LogP contribution is 2.01. The largest absolute Gasteiger partial charge is 0.397 e. The zero-order valence-corrected chi connectivity index (χ0v) is 8.27. The monoisotopic (exact) mass is 217 g/mol. The van der Waals surface area contributed by atoms with E-state index in [4.69, 9.17) is 4.55 Å². The SMILES string of the molecule is O=S(=O)(O)OCCCc1cccnc1. The van der Waals surface area contributed by atoms with Gasteiger partial charge >= 0.3 is 10.4 Å². The van der Waals surface area contributed by atoms with Gasteiger partial charge in [0.2, 0.25) is 0 Å². The number of nitrogens with zero attached hydrogens (tertiary/aromatic N) is 1. The summed E-state index contributed by atoms with van der Waals surface area (Å²) in [5, 5.41) is 0. The number of rotatable bonds is 5. The minimum absolute atomic E-state index is 0.0201. The molecule has 1 N–H and O–H groups in total. The summed E-state index contributed by atoms with van der Waals surface area (Å²) in [5.41, 5.74) is 1.01. The first-order chi connectivity index (χ1) is 6.58. The van der Waals surface area contributed by atoms with Gasteiger partial charge in [0.05, 0.1) is 6.61 Å². The van der Waals surface area contributed by atoms with Crippen molar-refractivity contribution in [2.75, 3.05) is 6.61 Å². The molecule has 0 saturated carbocycles. The highest BCUT2D eigenvalue weighted by atomic mass is 32.3. The van der Waals surface area contributed by atoms with Gasteiger partial charge in [0.15, 0.2) is 0 Å². The van der Waals surface area contributed by atoms with E-state index in [1.54, 1.807) is 18.5 Å². The van der Waals surface area contributed by atoms with E-state index in [0.717, 1.165) is 5.56 Å². The predicted octanol–water partition coefficient (Wildman–Crippen LogP) is 0.834. The summed E-state index contributed by atoms with van der Waals surface area (Å²) in [5.74, 6) is 0. The number of pyridine rings is 1. The lowest BCUT2D eigenvalue weighted by Gasteiger charge is -2.00. The van der Waals surface area contributed by atoms with Crippen LogP contribution in [0.4, 0.5) is 0 Å². The topological polar surface area (TPSA) is 76.5 Å². The van der Waals surface area contributed by atoms with Crippen LogP contribution in [-0.4, -0.2) is 24.6 Å². The number of hydrogen-bond acceptors (Lipinski definition) is 4. The predicted molar refractivity (Wildman–Crippen MR) is 50.1 cm³/mol. The maximum Gasteiger partial charge on any atom is 0.397 e. The van der Waals surface area contributed by atoms with Crippen LogP contribution in [0.15, 0.2) is 24.5 Å². The van der Waals surface area contributed by atoms with E-state index in [2.05, 4.69) is 9.17 Å². The molecule has 1 aromatic heterocycles. The molecule has 78 valence electrons. The summed E-state index contributed by atoms with van der Waals surface area (Å²) < 4.78 is 32.7. The molecule has 0 unspecified atom stereocenters. The van der Waals surface area contributed by atoms with E-state index in [1.807, 2.05) is 6.07 Å². The molecular weight excluding hydrogens is 206 g/mol. The Bertz CT molecular complexity index is 362. The van der Waals surface area contributed by atoms with Gasteiger partial charge in [-0.1, -0.05) is 6.07 Å². The minimum Gasteiger partial charge on any atom is -0.264 e. The molecule has 0 aromatic carbocycles. The highest BCUT2D eigenvalue weighted by Gasteiger charge is 2.02. The van der Waals surface area contributed by atoms with Crippen molar-refractivity contribution in [2.45, 2.75) is 12.8 Å². The van der Waals surface area contributed by atoms with Gasteiger partial charge in [0.25, 0.3) is 0 Å². The van der Waals surface area contributed by atoms with Crippen LogP contribution in [0.3, 0.4) is 0 Å². The van der Waals surface area contributed by atoms with Crippen molar-refractivity contribution in [1.29, 1.82) is 0 Å². The van der Waals surface area contributed by atoms with E-state index >= 15 is 0 Å². The zero-order chi connectivity index (χ0) is 10.4. The zero-order valence-electron chi connectivity index (χ0n) is 7.46. The first-order valence-electron chi connectivity index (χ1n) is 4.09. The first kappa shape index (κ1) is 11.1. The molecule has 0 aliphatic rings. The molecule has 0 fully saturated rings. The molecule has 0 aliphatic heterocycles. The maximum atomic E-state index is 10.2. The van der Waals surface area contributed by atoms with Crippen LogP contribution < -0.4 is 0 Å². The Hall–Kier alpha value is -0.980. The van der Waals surface area contributed by atoms with Crippen molar-refractivity contribution in [2.24, 2.45) is 0 Å². The maximum absolute atomic E-state index is 10.2. The Morgan fingerprint density at radius 1 is 1.50 bits per heavy atom. The third-order valence-corrected chi connectivity index (χ3v) is 2.03. The van der Waals surface area contributed by atoms with E-state index in [0.29, 0.717) is 12.8 Å². The standard InChI is InChI=1S/C8H11NO4S/c10-14(11,12)13-6-2-4-8-3-1-5-9-7-8/h1,3,5,7H,2,4,6H2,(H,10,11,12). The van der Waals surface area contributed by atoms with Crippen molar-refractivity contribution in [1.82, 2.24) is 4.98 Å². The second-order valence-corrected chi connectivity index (χ2v) is 3.81. The van der Waals surface area contributed by atoms with Gasteiger partial charge in [-0.25, -0.2) is 4.18 Å². The van der Waals surface area contributed by atoms with Crippen LogP contribution in [0.5, 0.6) is 0 Å². The van der Waals surface area contributed by atoms with Crippen LogP contribution >= 0.6 is 0 Å². The van der Waals surface area contributed by atoms with Crippen LogP contribution in [0.2, 0.25) is 0 Å². The average Bonchev–Trinajstić information content (AvgIpc) is 2.13. The summed E-state index contributed by atoms with van der Waals surface area (Å²) >= 11 is 0. The molecule has 0 atom stereocenters. The Kier molecular flexibility index (Phi) is 3.99. The van der Waals surface area contributed by atoms with E-state index in [-0.39, 0.29) is 6.61 Å². The quantitative estimate of drug-likeness (QED) is 0.584.